The van der Waals surface area contributed by atoms with Crippen LogP contribution in [-0.2, 0) is 28.6 Å². The summed E-state index contributed by atoms with van der Waals surface area (Å²) in [6, 6.07) is 1.65. The van der Waals surface area contributed by atoms with Gasteiger partial charge in [-0.2, -0.15) is 0 Å². The van der Waals surface area contributed by atoms with Crippen LogP contribution >= 0.6 is 0 Å². The first-order valence-electron chi connectivity index (χ1n) is 13.0. The number of aliphatic hydroxyl groups excluding tert-OH is 1. The zero-order valence-electron chi connectivity index (χ0n) is 21.6. The van der Waals surface area contributed by atoms with Crippen molar-refractivity contribution in [3.63, 3.8) is 0 Å². The van der Waals surface area contributed by atoms with Crippen molar-refractivity contribution >= 4 is 17.7 Å². The van der Waals surface area contributed by atoms with Crippen LogP contribution in [0.2, 0.25) is 0 Å². The number of furan rings is 1. The Labute approximate surface area is 218 Å². The number of fused-ring (bicyclic) bond motifs is 2. The fourth-order valence-corrected chi connectivity index (χ4v) is 10.9. The van der Waals surface area contributed by atoms with E-state index in [4.69, 9.17) is 18.6 Å². The summed E-state index contributed by atoms with van der Waals surface area (Å²) in [6.07, 6.45) is 0.0892. The van der Waals surface area contributed by atoms with Crippen LogP contribution < -0.4 is 0 Å². The summed E-state index contributed by atoms with van der Waals surface area (Å²) in [6.45, 7) is 4.97. The number of methoxy groups -OCH3 is 1. The number of carbonyl (C=O) groups excluding carboxylic acids is 3. The lowest BCUT2D eigenvalue weighted by Crippen LogP contribution is -2.72. The molecule has 2 bridgehead atoms. The Morgan fingerprint density at radius 2 is 1.89 bits per heavy atom. The van der Waals surface area contributed by atoms with Crippen molar-refractivity contribution in [2.75, 3.05) is 7.11 Å². The zero-order valence-corrected chi connectivity index (χ0v) is 21.6. The molecule has 4 saturated carbocycles. The second kappa shape index (κ2) is 6.52. The fraction of sp³-hybridized carbons (Fsp3) is 0.741. The molecule has 1 aromatic heterocycles. The monoisotopic (exact) mass is 532 g/mol. The molecule has 6 fully saturated rings. The topological polar surface area (TPSA) is 173 Å². The minimum Gasteiger partial charge on any atom is -0.472 e. The van der Waals surface area contributed by atoms with Gasteiger partial charge in [-0.15, -0.1) is 0 Å². The van der Waals surface area contributed by atoms with E-state index in [0.29, 0.717) is 12.0 Å². The Balaban J connectivity index is 1.52. The number of hydrogen-bond donors (Lipinski definition) is 4. The van der Waals surface area contributed by atoms with Gasteiger partial charge in [-0.25, -0.2) is 4.79 Å². The Morgan fingerprint density at radius 1 is 1.18 bits per heavy atom. The van der Waals surface area contributed by atoms with Gasteiger partial charge >= 0.3 is 11.9 Å². The molecule has 2 aliphatic heterocycles. The number of rotatable bonds is 3. The molecule has 1 spiro atoms. The van der Waals surface area contributed by atoms with E-state index < -0.39 is 92.9 Å². The molecule has 1 aromatic rings. The molecule has 0 aromatic carbocycles. The largest absolute Gasteiger partial charge is 0.472 e. The predicted molar refractivity (Wildman–Crippen MR) is 122 cm³/mol. The molecular formula is C27H32O11. The summed E-state index contributed by atoms with van der Waals surface area (Å²) in [5, 5.41) is 49.0. The Hall–Kier alpha value is -2.31. The summed E-state index contributed by atoms with van der Waals surface area (Å²) in [4.78, 5) is 40.2. The fourth-order valence-electron chi connectivity index (χ4n) is 10.9. The minimum absolute atomic E-state index is 0.203. The van der Waals surface area contributed by atoms with E-state index in [2.05, 4.69) is 0 Å². The first kappa shape index (κ1) is 24.7. The molecule has 0 unspecified atom stereocenters. The maximum absolute atomic E-state index is 14.3. The Bertz CT molecular complexity index is 1290. The molecule has 6 aliphatic rings. The molecule has 12 atom stereocenters. The summed E-state index contributed by atoms with van der Waals surface area (Å²) >= 11 is 0. The molecule has 4 N–H and O–H groups in total. The maximum atomic E-state index is 14.3. The van der Waals surface area contributed by atoms with Crippen LogP contribution in [0.4, 0.5) is 0 Å². The van der Waals surface area contributed by atoms with Gasteiger partial charge in [0, 0.05) is 27.7 Å². The molecule has 0 amide bonds. The third-order valence-corrected chi connectivity index (χ3v) is 12.0. The van der Waals surface area contributed by atoms with E-state index in [1.54, 1.807) is 19.9 Å². The lowest BCUT2D eigenvalue weighted by Gasteiger charge is -2.63. The summed E-state index contributed by atoms with van der Waals surface area (Å²) in [5.74, 6) is -8.75. The third kappa shape index (κ3) is 2.04. The van der Waals surface area contributed by atoms with Crippen molar-refractivity contribution in [3.8, 4) is 0 Å². The molecule has 11 nitrogen and oxygen atoms in total. The molecule has 11 heteroatoms. The molecule has 7 rings (SSSR count). The van der Waals surface area contributed by atoms with Crippen molar-refractivity contribution in [2.24, 2.45) is 34.0 Å². The van der Waals surface area contributed by atoms with Crippen molar-refractivity contribution in [2.45, 2.75) is 81.3 Å². The zero-order chi connectivity index (χ0) is 27.5. The number of aliphatic hydroxyl groups is 4. The maximum Gasteiger partial charge on any atom is 0.335 e. The van der Waals surface area contributed by atoms with Crippen molar-refractivity contribution < 1.29 is 53.4 Å². The summed E-state index contributed by atoms with van der Waals surface area (Å²) in [5.41, 5.74) is -9.42. The first-order chi connectivity index (χ1) is 17.6. The number of Topliss-reactive ketones (excluding diaryl/α,β-unsaturated/α-hetero) is 1. The van der Waals surface area contributed by atoms with Gasteiger partial charge in [0.05, 0.1) is 37.6 Å². The normalized spacial score (nSPS) is 56.4. The van der Waals surface area contributed by atoms with E-state index in [9.17, 15) is 34.8 Å². The Morgan fingerprint density at radius 3 is 2.53 bits per heavy atom. The van der Waals surface area contributed by atoms with Crippen molar-refractivity contribution in [1.29, 1.82) is 0 Å². The van der Waals surface area contributed by atoms with E-state index in [1.807, 2.05) is 0 Å². The van der Waals surface area contributed by atoms with E-state index in [1.165, 1.54) is 19.5 Å². The van der Waals surface area contributed by atoms with E-state index >= 15 is 0 Å². The predicted octanol–water partition coefficient (Wildman–Crippen LogP) is 0.383. The second-order valence-electron chi connectivity index (χ2n) is 13.1. The average molecular weight is 533 g/mol. The molecule has 206 valence electrons. The van der Waals surface area contributed by atoms with Gasteiger partial charge in [0.1, 0.15) is 17.3 Å². The lowest BCUT2D eigenvalue weighted by atomic mass is 9.45. The van der Waals surface area contributed by atoms with Crippen LogP contribution in [0, 0.1) is 34.0 Å². The molecule has 3 heterocycles. The molecule has 38 heavy (non-hydrogen) atoms. The Kier molecular flexibility index (Phi) is 4.24. The molecule has 4 aliphatic carbocycles. The minimum atomic E-state index is -2.68. The van der Waals surface area contributed by atoms with Crippen LogP contribution in [0.1, 0.15) is 58.1 Å². The van der Waals surface area contributed by atoms with Gasteiger partial charge in [0.25, 0.3) is 0 Å². The summed E-state index contributed by atoms with van der Waals surface area (Å²) < 4.78 is 22.3. The SMILES string of the molecule is COC(=O)[C@@H](O)[C@@H]1[C@@]2(C)[C@H]3CC[C@@]4(C)[C@H](c5ccoc5)OC(=O)C[C@@]45O[C@@]4(O)C(=O)[C@]1(C)C[C@@]2(O)[C@H]4[C@@]35O. The van der Waals surface area contributed by atoms with Gasteiger partial charge in [0.15, 0.2) is 11.9 Å². The highest BCUT2D eigenvalue weighted by Crippen LogP contribution is 2.86. The van der Waals surface area contributed by atoms with Gasteiger partial charge in [-0.3, -0.25) is 9.59 Å². The highest BCUT2D eigenvalue weighted by Gasteiger charge is 2.99. The molecule has 2 saturated heterocycles. The average Bonchev–Trinajstić information content (AvgIpc) is 3.51. The number of esters is 2. The standard InChI is InChI=1S/C27H32O11/c1-21-11-24(32)19-26(33)13(23(24,3)16(21)15(29)18(30)35-4)5-7-22(2)17(12-6-8-36-10-12)37-14(28)9-25(22,26)38-27(19,34)20(21)31/h6,8,10,13,15-17,19,29,32-34H,5,7,9,11H2,1-4H3/t13-,15+,16+,17+,19+,21-,22+,23-,24-,25-,26+,27-/m1/s1. The summed E-state index contributed by atoms with van der Waals surface area (Å²) in [7, 11) is 1.11. The van der Waals surface area contributed by atoms with E-state index in [-0.39, 0.29) is 12.8 Å². The number of hydrogen-bond acceptors (Lipinski definition) is 11. The van der Waals surface area contributed by atoms with Gasteiger partial charge in [-0.1, -0.05) is 20.8 Å². The smallest absolute Gasteiger partial charge is 0.335 e. The quantitative estimate of drug-likeness (QED) is 0.397. The van der Waals surface area contributed by atoms with Gasteiger partial charge in [0.2, 0.25) is 5.79 Å². The highest BCUT2D eigenvalue weighted by molar-refractivity contribution is 5.96. The number of ether oxygens (including phenoxy) is 3. The van der Waals surface area contributed by atoms with Crippen LogP contribution in [0.25, 0.3) is 0 Å². The van der Waals surface area contributed by atoms with Crippen LogP contribution in [0.15, 0.2) is 23.0 Å². The molecule has 0 radical (unpaired) electrons. The number of carbonyl (C=O) groups is 3. The van der Waals surface area contributed by atoms with Crippen LogP contribution in [0.5, 0.6) is 0 Å². The number of ketones is 1. The third-order valence-electron chi connectivity index (χ3n) is 12.0. The number of cyclic esters (lactones) is 1. The van der Waals surface area contributed by atoms with Crippen molar-refractivity contribution in [1.82, 2.24) is 0 Å². The van der Waals surface area contributed by atoms with Gasteiger partial charge in [-0.05, 0) is 31.2 Å². The molecular weight excluding hydrogens is 500 g/mol. The van der Waals surface area contributed by atoms with Crippen LogP contribution in [0.3, 0.4) is 0 Å². The van der Waals surface area contributed by atoms with Crippen molar-refractivity contribution in [3.05, 3.63) is 24.2 Å². The lowest BCUT2D eigenvalue weighted by molar-refractivity contribution is -0.324. The van der Waals surface area contributed by atoms with E-state index in [0.717, 1.165) is 7.11 Å². The van der Waals surface area contributed by atoms with Gasteiger partial charge < -0.3 is 39.1 Å². The highest BCUT2D eigenvalue weighted by atomic mass is 16.7. The second-order valence-corrected chi connectivity index (χ2v) is 13.1. The van der Waals surface area contributed by atoms with Crippen LogP contribution in [-0.4, -0.2) is 74.0 Å². The first-order valence-corrected chi connectivity index (χ1v) is 13.0.